The maximum Gasteiger partial charge on any atom is 0.0496 e. The molecular weight excluding hydrogens is 312 g/mol. The molecule has 2 atom stereocenters. The number of hydrogen-bond donors (Lipinski definition) is 1. The van der Waals surface area contributed by atoms with Crippen LogP contribution in [0.1, 0.15) is 24.1 Å². The van der Waals surface area contributed by atoms with Crippen LogP contribution in [0.15, 0.2) is 59.1 Å². The second-order valence-electron chi connectivity index (χ2n) is 5.22. The number of halogens is 1. The van der Waals surface area contributed by atoms with E-state index in [2.05, 4.69) is 77.3 Å². The Hall–Kier alpha value is -1.16. The lowest BCUT2D eigenvalue weighted by Gasteiger charge is -2.31. The van der Waals surface area contributed by atoms with Crippen molar-refractivity contribution < 1.29 is 0 Å². The van der Waals surface area contributed by atoms with Crippen LogP contribution in [0.2, 0.25) is 0 Å². The molecule has 0 radical (unpaired) electrons. The minimum atomic E-state index is 0.0740. The van der Waals surface area contributed by atoms with Gasteiger partial charge in [0.1, 0.15) is 0 Å². The van der Waals surface area contributed by atoms with E-state index in [-0.39, 0.29) is 12.1 Å². The molecule has 2 unspecified atom stereocenters. The first kappa shape index (κ1) is 15.2. The van der Waals surface area contributed by atoms with E-state index in [0.29, 0.717) is 0 Å². The molecule has 0 saturated heterocycles. The second kappa shape index (κ2) is 7.02. The molecule has 0 amide bonds. The van der Waals surface area contributed by atoms with E-state index >= 15 is 0 Å². The van der Waals surface area contributed by atoms with Crippen LogP contribution >= 0.6 is 15.9 Å². The summed E-state index contributed by atoms with van der Waals surface area (Å²) in [6.45, 7) is 2.93. The first-order valence-corrected chi connectivity index (χ1v) is 7.63. The normalized spacial score (nSPS) is 14.2. The van der Waals surface area contributed by atoms with Crippen LogP contribution in [0.3, 0.4) is 0 Å². The molecule has 0 aromatic heterocycles. The van der Waals surface area contributed by atoms with Crippen LogP contribution in [0, 0.1) is 0 Å². The zero-order valence-corrected chi connectivity index (χ0v) is 13.5. The van der Waals surface area contributed by atoms with Crippen molar-refractivity contribution in [2.75, 3.05) is 7.05 Å². The predicted octanol–water partition coefficient (Wildman–Crippen LogP) is 3.97. The Morgan fingerprint density at radius 2 is 1.65 bits per heavy atom. The van der Waals surface area contributed by atoms with Crippen molar-refractivity contribution >= 4 is 15.9 Å². The average molecular weight is 333 g/mol. The number of hydrogen-bond acceptors (Lipinski definition) is 2. The standard InChI is InChI=1S/C17H21BrN2/c1-13(19)17(14-8-4-3-5-9-14)20(2)12-15-10-6-7-11-16(15)18/h3-11,13,17H,12,19H2,1-2H3. The molecule has 2 nitrogen and oxygen atoms in total. The highest BCUT2D eigenvalue weighted by atomic mass is 79.9. The molecule has 2 N–H and O–H groups in total. The molecule has 0 bridgehead atoms. The van der Waals surface area contributed by atoms with E-state index in [1.54, 1.807) is 0 Å². The third kappa shape index (κ3) is 3.69. The second-order valence-corrected chi connectivity index (χ2v) is 6.08. The van der Waals surface area contributed by atoms with E-state index in [0.717, 1.165) is 11.0 Å². The van der Waals surface area contributed by atoms with Crippen LogP contribution < -0.4 is 5.73 Å². The first-order valence-electron chi connectivity index (χ1n) is 6.83. The molecule has 2 rings (SSSR count). The Morgan fingerprint density at radius 3 is 2.25 bits per heavy atom. The van der Waals surface area contributed by atoms with E-state index < -0.39 is 0 Å². The zero-order valence-electron chi connectivity index (χ0n) is 12.0. The molecule has 0 saturated carbocycles. The first-order chi connectivity index (χ1) is 9.59. The number of likely N-dealkylation sites (N-methyl/N-ethyl adjacent to an activating group) is 1. The van der Waals surface area contributed by atoms with Gasteiger partial charge < -0.3 is 5.73 Å². The Labute approximate surface area is 129 Å². The van der Waals surface area contributed by atoms with Crippen molar-refractivity contribution in [1.29, 1.82) is 0 Å². The Bertz CT molecular complexity index is 540. The quantitative estimate of drug-likeness (QED) is 0.897. The molecule has 20 heavy (non-hydrogen) atoms. The average Bonchev–Trinajstić information content (AvgIpc) is 2.42. The molecule has 0 spiro atoms. The smallest absolute Gasteiger partial charge is 0.0496 e. The maximum atomic E-state index is 6.21. The molecule has 2 aromatic carbocycles. The molecule has 0 heterocycles. The van der Waals surface area contributed by atoms with E-state index in [1.807, 2.05) is 12.1 Å². The van der Waals surface area contributed by atoms with Gasteiger partial charge in [-0.2, -0.15) is 0 Å². The number of rotatable bonds is 5. The van der Waals surface area contributed by atoms with Crippen LogP contribution in [0.4, 0.5) is 0 Å². The van der Waals surface area contributed by atoms with Crippen LogP contribution in [0.25, 0.3) is 0 Å². The third-order valence-corrected chi connectivity index (χ3v) is 4.27. The van der Waals surface area contributed by atoms with Crippen LogP contribution in [-0.4, -0.2) is 18.0 Å². The maximum absolute atomic E-state index is 6.21. The molecule has 0 aliphatic carbocycles. The Balaban J connectivity index is 2.20. The van der Waals surface area contributed by atoms with Crippen molar-refractivity contribution in [2.24, 2.45) is 5.73 Å². The molecule has 3 heteroatoms. The highest BCUT2D eigenvalue weighted by molar-refractivity contribution is 9.10. The summed E-state index contributed by atoms with van der Waals surface area (Å²) in [4.78, 5) is 2.31. The van der Waals surface area contributed by atoms with E-state index in [1.165, 1.54) is 11.1 Å². The number of nitrogens with two attached hydrogens (primary N) is 1. The van der Waals surface area contributed by atoms with Crippen molar-refractivity contribution in [3.05, 3.63) is 70.2 Å². The van der Waals surface area contributed by atoms with Gasteiger partial charge in [0, 0.05) is 23.1 Å². The van der Waals surface area contributed by atoms with Gasteiger partial charge in [-0.1, -0.05) is 64.5 Å². The molecule has 0 fully saturated rings. The highest BCUT2D eigenvalue weighted by Crippen LogP contribution is 2.26. The lowest BCUT2D eigenvalue weighted by molar-refractivity contribution is 0.210. The van der Waals surface area contributed by atoms with Gasteiger partial charge in [-0.3, -0.25) is 4.90 Å². The lowest BCUT2D eigenvalue weighted by atomic mass is 9.99. The molecule has 0 aliphatic rings. The van der Waals surface area contributed by atoms with Gasteiger partial charge in [-0.15, -0.1) is 0 Å². The van der Waals surface area contributed by atoms with Gasteiger partial charge in [-0.05, 0) is 31.2 Å². The van der Waals surface area contributed by atoms with Crippen LogP contribution in [-0.2, 0) is 6.54 Å². The van der Waals surface area contributed by atoms with E-state index in [9.17, 15) is 0 Å². The summed E-state index contributed by atoms with van der Waals surface area (Å²) in [6.07, 6.45) is 0. The summed E-state index contributed by atoms with van der Waals surface area (Å²) in [5.74, 6) is 0. The number of benzene rings is 2. The fourth-order valence-electron chi connectivity index (χ4n) is 2.60. The minimum absolute atomic E-state index is 0.0740. The van der Waals surface area contributed by atoms with Crippen LogP contribution in [0.5, 0.6) is 0 Å². The van der Waals surface area contributed by atoms with Gasteiger partial charge in [0.2, 0.25) is 0 Å². The fraction of sp³-hybridized carbons (Fsp3) is 0.294. The van der Waals surface area contributed by atoms with Crippen molar-refractivity contribution in [3.63, 3.8) is 0 Å². The van der Waals surface area contributed by atoms with Gasteiger partial charge >= 0.3 is 0 Å². The zero-order chi connectivity index (χ0) is 14.5. The van der Waals surface area contributed by atoms with Gasteiger partial charge in [0.05, 0.1) is 0 Å². The fourth-order valence-corrected chi connectivity index (χ4v) is 3.01. The summed E-state index contributed by atoms with van der Waals surface area (Å²) in [5, 5.41) is 0. The summed E-state index contributed by atoms with van der Waals surface area (Å²) >= 11 is 3.61. The minimum Gasteiger partial charge on any atom is -0.326 e. The predicted molar refractivity (Wildman–Crippen MR) is 88.4 cm³/mol. The molecule has 106 valence electrons. The Morgan fingerprint density at radius 1 is 1.05 bits per heavy atom. The van der Waals surface area contributed by atoms with Crippen molar-refractivity contribution in [1.82, 2.24) is 4.90 Å². The highest BCUT2D eigenvalue weighted by Gasteiger charge is 2.21. The monoisotopic (exact) mass is 332 g/mol. The number of nitrogens with zero attached hydrogens (tertiary/aromatic N) is 1. The summed E-state index contributed by atoms with van der Waals surface area (Å²) in [6, 6.07) is 19.1. The topological polar surface area (TPSA) is 29.3 Å². The molecular formula is C17H21BrN2. The van der Waals surface area contributed by atoms with Crippen molar-refractivity contribution in [2.45, 2.75) is 25.6 Å². The van der Waals surface area contributed by atoms with Gasteiger partial charge in [0.15, 0.2) is 0 Å². The van der Waals surface area contributed by atoms with E-state index in [4.69, 9.17) is 5.73 Å². The Kier molecular flexibility index (Phi) is 5.35. The SMILES string of the molecule is CC(N)C(c1ccccc1)N(C)Cc1ccccc1Br. The van der Waals surface area contributed by atoms with Gasteiger partial charge in [0.25, 0.3) is 0 Å². The molecule has 2 aromatic rings. The molecule has 0 aliphatic heterocycles. The lowest BCUT2D eigenvalue weighted by Crippen LogP contribution is -2.37. The van der Waals surface area contributed by atoms with Crippen molar-refractivity contribution in [3.8, 4) is 0 Å². The largest absolute Gasteiger partial charge is 0.326 e. The summed E-state index contributed by atoms with van der Waals surface area (Å²) in [5.41, 5.74) is 8.74. The van der Waals surface area contributed by atoms with Gasteiger partial charge in [-0.25, -0.2) is 0 Å². The summed E-state index contributed by atoms with van der Waals surface area (Å²) < 4.78 is 1.14. The third-order valence-electron chi connectivity index (χ3n) is 3.49. The summed E-state index contributed by atoms with van der Waals surface area (Å²) in [7, 11) is 2.13.